The zero-order valence-corrected chi connectivity index (χ0v) is 12.0. The Hall–Kier alpha value is -0.870. The van der Waals surface area contributed by atoms with Gasteiger partial charge in [-0.1, -0.05) is 19.9 Å². The Morgan fingerprint density at radius 3 is 2.78 bits per heavy atom. The number of likely N-dealkylation sites (tertiary alicyclic amines) is 1. The van der Waals surface area contributed by atoms with Crippen LogP contribution in [0.1, 0.15) is 25.1 Å². The average molecular weight is 266 g/mol. The number of carbonyl (C=O) groups is 1. The van der Waals surface area contributed by atoms with E-state index in [1.165, 1.54) is 11.3 Å². The Morgan fingerprint density at radius 1 is 1.44 bits per heavy atom. The van der Waals surface area contributed by atoms with Crippen molar-refractivity contribution in [2.45, 2.75) is 26.8 Å². The third-order valence-corrected chi connectivity index (χ3v) is 4.23. The van der Waals surface area contributed by atoms with Crippen molar-refractivity contribution in [2.24, 2.45) is 11.8 Å². The molecule has 0 radical (unpaired) electrons. The molecular formula is C14H22N2OS. The number of hydrogen-bond donors (Lipinski definition) is 1. The van der Waals surface area contributed by atoms with E-state index in [4.69, 9.17) is 0 Å². The van der Waals surface area contributed by atoms with Crippen LogP contribution in [0.3, 0.4) is 0 Å². The fourth-order valence-electron chi connectivity index (χ4n) is 2.78. The molecule has 4 heteroatoms. The highest BCUT2D eigenvalue weighted by molar-refractivity contribution is 7.09. The maximum absolute atomic E-state index is 11.9. The minimum atomic E-state index is 0.143. The minimum absolute atomic E-state index is 0.143. The maximum Gasteiger partial charge on any atom is 0.234 e. The van der Waals surface area contributed by atoms with Crippen molar-refractivity contribution in [3.63, 3.8) is 0 Å². The molecule has 1 aromatic heterocycles. The second kappa shape index (κ2) is 6.34. The number of piperidine rings is 1. The summed E-state index contributed by atoms with van der Waals surface area (Å²) in [6.07, 6.45) is 1.29. The smallest absolute Gasteiger partial charge is 0.234 e. The van der Waals surface area contributed by atoms with Gasteiger partial charge in [0.05, 0.1) is 13.1 Å². The van der Waals surface area contributed by atoms with E-state index in [-0.39, 0.29) is 5.91 Å². The maximum atomic E-state index is 11.9. The van der Waals surface area contributed by atoms with Gasteiger partial charge in [0.25, 0.3) is 0 Å². The molecule has 0 unspecified atom stereocenters. The van der Waals surface area contributed by atoms with Crippen LogP contribution in [-0.2, 0) is 11.3 Å². The summed E-state index contributed by atoms with van der Waals surface area (Å²) in [5.74, 6) is 1.56. The Labute approximate surface area is 113 Å². The van der Waals surface area contributed by atoms with Crippen molar-refractivity contribution in [1.82, 2.24) is 10.2 Å². The molecule has 0 saturated carbocycles. The van der Waals surface area contributed by atoms with E-state index in [1.54, 1.807) is 11.3 Å². The normalized spacial score (nSPS) is 25.0. The molecule has 2 heterocycles. The molecule has 2 atom stereocenters. The average Bonchev–Trinajstić information content (AvgIpc) is 2.77. The van der Waals surface area contributed by atoms with E-state index in [9.17, 15) is 4.79 Å². The van der Waals surface area contributed by atoms with E-state index in [0.29, 0.717) is 24.9 Å². The first-order chi connectivity index (χ1) is 8.63. The largest absolute Gasteiger partial charge is 0.350 e. The van der Waals surface area contributed by atoms with Crippen molar-refractivity contribution in [2.75, 3.05) is 19.6 Å². The number of hydrogen-bond acceptors (Lipinski definition) is 3. The van der Waals surface area contributed by atoms with Crippen molar-refractivity contribution < 1.29 is 4.79 Å². The number of thiophene rings is 1. The van der Waals surface area contributed by atoms with E-state index in [2.05, 4.69) is 30.1 Å². The molecule has 1 fully saturated rings. The Morgan fingerprint density at radius 2 is 2.17 bits per heavy atom. The van der Waals surface area contributed by atoms with E-state index >= 15 is 0 Å². The van der Waals surface area contributed by atoms with Crippen LogP contribution in [0.15, 0.2) is 17.5 Å². The molecule has 18 heavy (non-hydrogen) atoms. The number of amides is 1. The van der Waals surface area contributed by atoms with Crippen LogP contribution in [0.2, 0.25) is 0 Å². The van der Waals surface area contributed by atoms with Gasteiger partial charge in [0.2, 0.25) is 5.91 Å². The first kappa shape index (κ1) is 13.6. The lowest BCUT2D eigenvalue weighted by Gasteiger charge is -2.34. The zero-order valence-electron chi connectivity index (χ0n) is 11.2. The molecule has 1 aliphatic heterocycles. The van der Waals surface area contributed by atoms with E-state index in [1.807, 2.05) is 11.4 Å². The van der Waals surface area contributed by atoms with Crippen LogP contribution in [-0.4, -0.2) is 30.4 Å². The highest BCUT2D eigenvalue weighted by Gasteiger charge is 2.22. The summed E-state index contributed by atoms with van der Waals surface area (Å²) >= 11 is 1.68. The van der Waals surface area contributed by atoms with Gasteiger partial charge in [0.1, 0.15) is 0 Å². The zero-order chi connectivity index (χ0) is 13.0. The minimum Gasteiger partial charge on any atom is -0.350 e. The van der Waals surface area contributed by atoms with Crippen LogP contribution < -0.4 is 5.32 Å². The number of nitrogens with zero attached hydrogens (tertiary/aromatic N) is 1. The van der Waals surface area contributed by atoms with Gasteiger partial charge in [-0.15, -0.1) is 11.3 Å². The molecule has 1 saturated heterocycles. The predicted molar refractivity (Wildman–Crippen MR) is 75.6 cm³/mol. The Bertz CT molecular complexity index is 367. The summed E-state index contributed by atoms with van der Waals surface area (Å²) in [6.45, 7) is 7.85. The van der Waals surface area contributed by atoms with Crippen molar-refractivity contribution in [3.8, 4) is 0 Å². The van der Waals surface area contributed by atoms with Gasteiger partial charge in [0, 0.05) is 18.0 Å². The van der Waals surface area contributed by atoms with Gasteiger partial charge in [-0.25, -0.2) is 0 Å². The number of nitrogens with one attached hydrogen (secondary N) is 1. The lowest BCUT2D eigenvalue weighted by atomic mass is 9.92. The summed E-state index contributed by atoms with van der Waals surface area (Å²) < 4.78 is 0. The van der Waals surface area contributed by atoms with Gasteiger partial charge in [-0.05, 0) is 29.7 Å². The van der Waals surface area contributed by atoms with Crippen molar-refractivity contribution >= 4 is 17.2 Å². The van der Waals surface area contributed by atoms with Gasteiger partial charge in [-0.2, -0.15) is 0 Å². The molecule has 2 rings (SSSR count). The fraction of sp³-hybridized carbons (Fsp3) is 0.643. The second-order valence-corrected chi connectivity index (χ2v) is 6.53. The molecule has 0 aromatic carbocycles. The molecule has 1 aromatic rings. The van der Waals surface area contributed by atoms with E-state index < -0.39 is 0 Å². The predicted octanol–water partition coefficient (Wildman–Crippen LogP) is 2.34. The standard InChI is InChI=1S/C14H22N2OS/c1-11-6-12(2)9-16(8-11)10-14(17)15-7-13-4-3-5-18-13/h3-5,11-12H,6-10H2,1-2H3,(H,15,17)/t11-,12-/m1/s1. The summed E-state index contributed by atoms with van der Waals surface area (Å²) in [4.78, 5) is 15.4. The third kappa shape index (κ3) is 4.10. The van der Waals surface area contributed by atoms with Crippen LogP contribution in [0.5, 0.6) is 0 Å². The van der Waals surface area contributed by atoms with Gasteiger partial charge < -0.3 is 5.32 Å². The highest BCUT2D eigenvalue weighted by atomic mass is 32.1. The summed E-state index contributed by atoms with van der Waals surface area (Å²) in [7, 11) is 0. The van der Waals surface area contributed by atoms with Crippen LogP contribution in [0, 0.1) is 11.8 Å². The second-order valence-electron chi connectivity index (χ2n) is 5.50. The van der Waals surface area contributed by atoms with Crippen molar-refractivity contribution in [3.05, 3.63) is 22.4 Å². The monoisotopic (exact) mass is 266 g/mol. The first-order valence-electron chi connectivity index (χ1n) is 6.65. The summed E-state index contributed by atoms with van der Waals surface area (Å²) in [5.41, 5.74) is 0. The first-order valence-corrected chi connectivity index (χ1v) is 7.53. The molecule has 3 nitrogen and oxygen atoms in total. The van der Waals surface area contributed by atoms with Gasteiger partial charge >= 0.3 is 0 Å². The lowest BCUT2D eigenvalue weighted by molar-refractivity contribution is -0.123. The number of carbonyl (C=O) groups excluding carboxylic acids is 1. The van der Waals surface area contributed by atoms with E-state index in [0.717, 1.165) is 13.1 Å². The van der Waals surface area contributed by atoms with Crippen LogP contribution in [0.25, 0.3) is 0 Å². The van der Waals surface area contributed by atoms with Crippen molar-refractivity contribution in [1.29, 1.82) is 0 Å². The lowest BCUT2D eigenvalue weighted by Crippen LogP contribution is -2.44. The Kier molecular flexibility index (Phi) is 4.78. The van der Waals surface area contributed by atoms with Gasteiger partial charge in [0.15, 0.2) is 0 Å². The SMILES string of the molecule is C[C@@H]1C[C@@H](C)CN(CC(=O)NCc2cccs2)C1. The molecule has 0 bridgehead atoms. The van der Waals surface area contributed by atoms with Crippen LogP contribution >= 0.6 is 11.3 Å². The van der Waals surface area contributed by atoms with Gasteiger partial charge in [-0.3, -0.25) is 9.69 Å². The molecule has 1 amide bonds. The Balaban J connectivity index is 1.73. The third-order valence-electron chi connectivity index (χ3n) is 3.35. The molecule has 1 aliphatic rings. The topological polar surface area (TPSA) is 32.3 Å². The molecule has 0 spiro atoms. The summed E-state index contributed by atoms with van der Waals surface area (Å²) in [5, 5.41) is 5.03. The van der Waals surface area contributed by atoms with Crippen LogP contribution in [0.4, 0.5) is 0 Å². The number of rotatable bonds is 4. The quantitative estimate of drug-likeness (QED) is 0.907. The molecule has 100 valence electrons. The highest BCUT2D eigenvalue weighted by Crippen LogP contribution is 2.20. The summed E-state index contributed by atoms with van der Waals surface area (Å²) in [6, 6.07) is 4.07. The molecule has 1 N–H and O–H groups in total. The fourth-order valence-corrected chi connectivity index (χ4v) is 3.42. The molecule has 0 aliphatic carbocycles. The molecular weight excluding hydrogens is 244 g/mol.